The highest BCUT2D eigenvalue weighted by molar-refractivity contribution is 5.93. The number of nitrogens with zero attached hydrogens (tertiary/aromatic N) is 4. The number of benzene rings is 1. The first-order valence-corrected chi connectivity index (χ1v) is 9.98. The summed E-state index contributed by atoms with van der Waals surface area (Å²) in [5.74, 6) is -0.886. The Balaban J connectivity index is 1.72. The number of carbonyl (C=O) groups excluding carboxylic acids is 1. The molecule has 2 heterocycles. The summed E-state index contributed by atoms with van der Waals surface area (Å²) in [6, 6.07) is 9.00. The number of nitrogens with one attached hydrogen (secondary N) is 1. The Hall–Kier alpha value is -3.10. The molecule has 0 fully saturated rings. The van der Waals surface area contributed by atoms with Crippen LogP contribution in [0.1, 0.15) is 40.8 Å². The van der Waals surface area contributed by atoms with E-state index in [9.17, 15) is 18.0 Å². The summed E-state index contributed by atoms with van der Waals surface area (Å²) in [6.07, 6.45) is -4.51. The Morgan fingerprint density at radius 2 is 1.77 bits per heavy atom. The molecule has 1 atom stereocenters. The van der Waals surface area contributed by atoms with Crippen molar-refractivity contribution in [1.29, 1.82) is 0 Å². The summed E-state index contributed by atoms with van der Waals surface area (Å²) in [7, 11) is 0. The summed E-state index contributed by atoms with van der Waals surface area (Å²) in [4.78, 5) is 12.7. The molecular formula is C22H26F3N5O. The van der Waals surface area contributed by atoms with Crippen LogP contribution in [0.2, 0.25) is 0 Å². The maximum atomic E-state index is 12.9. The largest absolute Gasteiger partial charge is 0.435 e. The van der Waals surface area contributed by atoms with E-state index in [-0.39, 0.29) is 12.5 Å². The van der Waals surface area contributed by atoms with Gasteiger partial charge in [-0.3, -0.25) is 14.2 Å². The second-order valence-electron chi connectivity index (χ2n) is 7.87. The number of aryl methyl sites for hydroxylation is 3. The molecule has 166 valence electrons. The SMILES string of the molecule is Cc1ccccc1Cn1nc(C)c(NC(=O)C(C)Cn2nc(C(F)(F)F)cc2C)c1C. The molecule has 1 aromatic carbocycles. The molecule has 0 aliphatic carbocycles. The number of rotatable bonds is 6. The first kappa shape index (κ1) is 22.6. The highest BCUT2D eigenvalue weighted by atomic mass is 19.4. The first-order chi connectivity index (χ1) is 14.5. The van der Waals surface area contributed by atoms with Crippen LogP contribution in [0.3, 0.4) is 0 Å². The van der Waals surface area contributed by atoms with Gasteiger partial charge in [-0.25, -0.2) is 0 Å². The summed E-state index contributed by atoms with van der Waals surface area (Å²) < 4.78 is 41.7. The Bertz CT molecular complexity index is 1100. The standard InChI is InChI=1S/C22H26F3N5O/c1-13-8-6-7-9-18(13)12-30-17(5)20(16(4)27-30)26-21(31)14(2)11-29-15(3)10-19(28-29)22(23,24)25/h6-10,14H,11-12H2,1-5H3,(H,26,31). The van der Waals surface area contributed by atoms with E-state index in [1.807, 2.05) is 49.7 Å². The molecule has 0 aliphatic rings. The fourth-order valence-corrected chi connectivity index (χ4v) is 3.40. The van der Waals surface area contributed by atoms with E-state index in [1.54, 1.807) is 6.92 Å². The van der Waals surface area contributed by atoms with Crippen LogP contribution in [0.5, 0.6) is 0 Å². The van der Waals surface area contributed by atoms with Gasteiger partial charge in [0.2, 0.25) is 5.91 Å². The zero-order chi connectivity index (χ0) is 22.9. The van der Waals surface area contributed by atoms with Crippen molar-refractivity contribution in [3.8, 4) is 0 Å². The van der Waals surface area contributed by atoms with E-state index in [4.69, 9.17) is 0 Å². The summed E-state index contributed by atoms with van der Waals surface area (Å²) in [5, 5.41) is 11.0. The maximum Gasteiger partial charge on any atom is 0.435 e. The van der Waals surface area contributed by atoms with E-state index in [1.165, 1.54) is 11.6 Å². The fraction of sp³-hybridized carbons (Fsp3) is 0.409. The van der Waals surface area contributed by atoms with Crippen molar-refractivity contribution in [2.24, 2.45) is 5.92 Å². The predicted molar refractivity (Wildman–Crippen MR) is 112 cm³/mol. The average molecular weight is 433 g/mol. The number of anilines is 1. The number of carbonyl (C=O) groups is 1. The Labute approximate surface area is 179 Å². The minimum atomic E-state index is -4.51. The normalized spacial score (nSPS) is 12.8. The van der Waals surface area contributed by atoms with Gasteiger partial charge in [0.15, 0.2) is 5.69 Å². The van der Waals surface area contributed by atoms with Crippen molar-refractivity contribution >= 4 is 11.6 Å². The van der Waals surface area contributed by atoms with Gasteiger partial charge in [0, 0.05) is 5.69 Å². The number of hydrogen-bond donors (Lipinski definition) is 1. The Morgan fingerprint density at radius 3 is 2.39 bits per heavy atom. The topological polar surface area (TPSA) is 64.7 Å². The minimum Gasteiger partial charge on any atom is -0.323 e. The molecule has 0 bridgehead atoms. The van der Waals surface area contributed by atoms with E-state index >= 15 is 0 Å². The van der Waals surface area contributed by atoms with Gasteiger partial charge >= 0.3 is 6.18 Å². The van der Waals surface area contributed by atoms with Gasteiger partial charge in [-0.15, -0.1) is 0 Å². The molecule has 2 aromatic heterocycles. The lowest BCUT2D eigenvalue weighted by Crippen LogP contribution is -2.26. The van der Waals surface area contributed by atoms with Crippen LogP contribution in [0.15, 0.2) is 30.3 Å². The van der Waals surface area contributed by atoms with Crippen LogP contribution >= 0.6 is 0 Å². The molecule has 6 nitrogen and oxygen atoms in total. The van der Waals surface area contributed by atoms with Crippen LogP contribution in [-0.2, 0) is 24.1 Å². The molecule has 0 aliphatic heterocycles. The van der Waals surface area contributed by atoms with Crippen molar-refractivity contribution in [2.75, 3.05) is 5.32 Å². The van der Waals surface area contributed by atoms with Gasteiger partial charge in [-0.05, 0) is 44.9 Å². The van der Waals surface area contributed by atoms with Crippen LogP contribution in [0.25, 0.3) is 0 Å². The molecule has 3 rings (SSSR count). The lowest BCUT2D eigenvalue weighted by Gasteiger charge is -2.14. The molecule has 0 radical (unpaired) electrons. The number of halogens is 3. The van der Waals surface area contributed by atoms with Gasteiger partial charge in [0.1, 0.15) is 0 Å². The second-order valence-corrected chi connectivity index (χ2v) is 7.87. The number of hydrogen-bond acceptors (Lipinski definition) is 3. The maximum absolute atomic E-state index is 12.9. The third-order valence-electron chi connectivity index (χ3n) is 5.38. The molecule has 1 unspecified atom stereocenters. The minimum absolute atomic E-state index is 0.0448. The van der Waals surface area contributed by atoms with Crippen LogP contribution in [0.4, 0.5) is 18.9 Å². The quantitative estimate of drug-likeness (QED) is 0.615. The van der Waals surface area contributed by atoms with Crippen molar-refractivity contribution in [2.45, 2.75) is 53.9 Å². The highest BCUT2D eigenvalue weighted by Gasteiger charge is 2.34. The molecule has 1 N–H and O–H groups in total. The third kappa shape index (κ3) is 4.98. The van der Waals surface area contributed by atoms with Gasteiger partial charge in [0.05, 0.1) is 36.1 Å². The third-order valence-corrected chi connectivity index (χ3v) is 5.38. The predicted octanol–water partition coefficient (Wildman–Crippen LogP) is 4.66. The zero-order valence-corrected chi connectivity index (χ0v) is 18.2. The lowest BCUT2D eigenvalue weighted by atomic mass is 10.1. The van der Waals surface area contributed by atoms with Crippen LogP contribution in [-0.4, -0.2) is 25.5 Å². The average Bonchev–Trinajstić information content (AvgIpc) is 3.18. The van der Waals surface area contributed by atoms with Crippen molar-refractivity contribution in [3.63, 3.8) is 0 Å². The van der Waals surface area contributed by atoms with E-state index in [2.05, 4.69) is 15.5 Å². The summed E-state index contributed by atoms with van der Waals surface area (Å²) in [5.41, 5.74) is 3.80. The fourth-order valence-electron chi connectivity index (χ4n) is 3.40. The molecule has 0 saturated carbocycles. The second kappa shape index (κ2) is 8.56. The molecule has 3 aromatic rings. The summed E-state index contributed by atoms with van der Waals surface area (Å²) in [6.45, 7) is 9.55. The van der Waals surface area contributed by atoms with E-state index < -0.39 is 17.8 Å². The number of alkyl halides is 3. The molecular weight excluding hydrogens is 407 g/mol. The molecule has 9 heteroatoms. The van der Waals surface area contributed by atoms with Crippen molar-refractivity contribution in [3.05, 3.63) is 64.2 Å². The van der Waals surface area contributed by atoms with Crippen LogP contribution in [0, 0.1) is 33.6 Å². The lowest BCUT2D eigenvalue weighted by molar-refractivity contribution is -0.141. The van der Waals surface area contributed by atoms with Crippen LogP contribution < -0.4 is 5.32 Å². The summed E-state index contributed by atoms with van der Waals surface area (Å²) >= 11 is 0. The number of amides is 1. The Kier molecular flexibility index (Phi) is 6.24. The molecule has 0 spiro atoms. The monoisotopic (exact) mass is 433 g/mol. The number of aromatic nitrogens is 4. The van der Waals surface area contributed by atoms with Gasteiger partial charge < -0.3 is 5.32 Å². The van der Waals surface area contributed by atoms with Gasteiger partial charge in [0.25, 0.3) is 0 Å². The highest BCUT2D eigenvalue weighted by Crippen LogP contribution is 2.29. The zero-order valence-electron chi connectivity index (χ0n) is 18.2. The van der Waals surface area contributed by atoms with E-state index in [0.29, 0.717) is 23.6 Å². The smallest absolute Gasteiger partial charge is 0.323 e. The van der Waals surface area contributed by atoms with Crippen molar-refractivity contribution in [1.82, 2.24) is 19.6 Å². The first-order valence-electron chi connectivity index (χ1n) is 9.98. The Morgan fingerprint density at radius 1 is 1.10 bits per heavy atom. The molecule has 0 saturated heterocycles. The van der Waals surface area contributed by atoms with Gasteiger partial charge in [-0.1, -0.05) is 31.2 Å². The molecule has 31 heavy (non-hydrogen) atoms. The van der Waals surface area contributed by atoms with E-state index in [0.717, 1.165) is 22.9 Å². The molecule has 1 amide bonds. The van der Waals surface area contributed by atoms with Crippen molar-refractivity contribution < 1.29 is 18.0 Å². The van der Waals surface area contributed by atoms with Gasteiger partial charge in [-0.2, -0.15) is 23.4 Å².